The number of hydrogen-bond acceptors (Lipinski definition) is 4. The van der Waals surface area contributed by atoms with Crippen LogP contribution in [-0.4, -0.2) is 35.0 Å². The summed E-state index contributed by atoms with van der Waals surface area (Å²) in [7, 11) is 0. The number of rotatable bonds is 2. The van der Waals surface area contributed by atoms with Crippen LogP contribution >= 0.6 is 11.6 Å². The third kappa shape index (κ3) is 2.62. The average Bonchev–Trinajstić information content (AvgIpc) is 2.32. The lowest BCUT2D eigenvalue weighted by atomic mass is 9.99. The Hall–Kier alpha value is -1.07. The monoisotopic (exact) mass is 284 g/mol. The van der Waals surface area contributed by atoms with Crippen LogP contribution in [0.4, 0.5) is 5.69 Å². The van der Waals surface area contributed by atoms with Gasteiger partial charge in [-0.1, -0.05) is 11.6 Å². The molecule has 2 rings (SSSR count). The summed E-state index contributed by atoms with van der Waals surface area (Å²) >= 11 is 6.27. The van der Waals surface area contributed by atoms with Crippen molar-refractivity contribution in [1.29, 1.82) is 0 Å². The first-order valence-electron chi connectivity index (χ1n) is 6.60. The lowest BCUT2D eigenvalue weighted by Crippen LogP contribution is -2.58. The Kier molecular flexibility index (Phi) is 3.87. The first-order chi connectivity index (χ1) is 8.84. The van der Waals surface area contributed by atoms with E-state index in [1.54, 1.807) is 6.20 Å². The fraction of sp³-hybridized carbons (Fsp3) is 0.692. The highest BCUT2D eigenvalue weighted by Crippen LogP contribution is 2.29. The van der Waals surface area contributed by atoms with Gasteiger partial charge < -0.3 is 10.2 Å². The van der Waals surface area contributed by atoms with Crippen molar-refractivity contribution in [3.8, 4) is 0 Å². The number of hydrogen-bond donors (Lipinski definition) is 1. The number of aromatic nitrogens is 2. The standard InChI is InChI=1S/C13H21ClN4O/c1-9(2)18-12(19)11(14)10(7-16-18)17-6-5-15-8-13(17,3)4/h7,9,15H,5-6,8H2,1-4H3. The van der Waals surface area contributed by atoms with Gasteiger partial charge in [-0.2, -0.15) is 5.10 Å². The number of nitrogens with one attached hydrogen (secondary N) is 1. The van der Waals surface area contributed by atoms with Crippen LogP contribution in [-0.2, 0) is 0 Å². The van der Waals surface area contributed by atoms with Crippen LogP contribution in [0, 0.1) is 0 Å². The minimum Gasteiger partial charge on any atom is -0.361 e. The van der Waals surface area contributed by atoms with Crippen LogP contribution < -0.4 is 15.8 Å². The molecule has 1 aliphatic rings. The lowest BCUT2D eigenvalue weighted by Gasteiger charge is -2.44. The predicted molar refractivity (Wildman–Crippen MR) is 78.2 cm³/mol. The highest BCUT2D eigenvalue weighted by molar-refractivity contribution is 6.33. The maximum atomic E-state index is 12.2. The van der Waals surface area contributed by atoms with Crippen LogP contribution in [0.2, 0.25) is 5.02 Å². The molecule has 1 aromatic rings. The summed E-state index contributed by atoms with van der Waals surface area (Å²) in [4.78, 5) is 14.4. The Morgan fingerprint density at radius 1 is 1.47 bits per heavy atom. The average molecular weight is 285 g/mol. The molecule has 0 atom stereocenters. The second-order valence-electron chi connectivity index (χ2n) is 5.83. The zero-order chi connectivity index (χ0) is 14.2. The fourth-order valence-corrected chi connectivity index (χ4v) is 2.66. The smallest absolute Gasteiger partial charge is 0.287 e. The summed E-state index contributed by atoms with van der Waals surface area (Å²) < 4.78 is 1.42. The van der Waals surface area contributed by atoms with E-state index in [0.717, 1.165) is 25.3 Å². The Morgan fingerprint density at radius 3 is 2.74 bits per heavy atom. The van der Waals surface area contributed by atoms with Gasteiger partial charge in [-0.25, -0.2) is 4.68 Å². The van der Waals surface area contributed by atoms with Crippen LogP contribution in [0.1, 0.15) is 33.7 Å². The highest BCUT2D eigenvalue weighted by atomic mass is 35.5. The molecule has 106 valence electrons. The molecule has 0 aromatic carbocycles. The van der Waals surface area contributed by atoms with E-state index < -0.39 is 0 Å². The van der Waals surface area contributed by atoms with E-state index in [1.165, 1.54) is 4.68 Å². The van der Waals surface area contributed by atoms with Crippen LogP contribution in [0.15, 0.2) is 11.0 Å². The summed E-state index contributed by atoms with van der Waals surface area (Å²) in [6.45, 7) is 10.6. The normalized spacial score (nSPS) is 18.9. The van der Waals surface area contributed by atoms with Gasteiger partial charge >= 0.3 is 0 Å². The van der Waals surface area contributed by atoms with E-state index in [0.29, 0.717) is 0 Å². The maximum absolute atomic E-state index is 12.2. The van der Waals surface area contributed by atoms with Crippen LogP contribution in [0.3, 0.4) is 0 Å². The maximum Gasteiger partial charge on any atom is 0.287 e. The minimum atomic E-state index is -0.219. The summed E-state index contributed by atoms with van der Waals surface area (Å²) in [5.41, 5.74) is 0.429. The van der Waals surface area contributed by atoms with Gasteiger partial charge in [0.25, 0.3) is 5.56 Å². The molecular weight excluding hydrogens is 264 g/mol. The van der Waals surface area contributed by atoms with Gasteiger partial charge in [0.1, 0.15) is 5.02 Å². The van der Waals surface area contributed by atoms with Crippen molar-refractivity contribution >= 4 is 17.3 Å². The van der Waals surface area contributed by atoms with E-state index in [9.17, 15) is 4.79 Å². The van der Waals surface area contributed by atoms with Crippen molar-refractivity contribution in [3.05, 3.63) is 21.6 Å². The summed E-state index contributed by atoms with van der Waals surface area (Å²) in [5, 5.41) is 7.85. The van der Waals surface area contributed by atoms with Crippen molar-refractivity contribution in [2.75, 3.05) is 24.5 Å². The number of piperazine rings is 1. The molecule has 1 aromatic heterocycles. The van der Waals surface area contributed by atoms with Crippen molar-refractivity contribution in [1.82, 2.24) is 15.1 Å². The molecule has 0 bridgehead atoms. The Morgan fingerprint density at radius 2 is 2.16 bits per heavy atom. The number of halogens is 1. The Balaban J connectivity index is 2.46. The quantitative estimate of drug-likeness (QED) is 0.897. The predicted octanol–water partition coefficient (Wildman–Crippen LogP) is 1.67. The molecule has 19 heavy (non-hydrogen) atoms. The molecule has 5 nitrogen and oxygen atoms in total. The van der Waals surface area contributed by atoms with E-state index in [1.807, 2.05) is 13.8 Å². The molecule has 0 unspecified atom stereocenters. The third-order valence-corrected chi connectivity index (χ3v) is 3.86. The van der Waals surface area contributed by atoms with Crippen molar-refractivity contribution < 1.29 is 0 Å². The molecule has 1 saturated heterocycles. The Bertz CT molecular complexity index is 524. The topological polar surface area (TPSA) is 50.2 Å². The molecule has 6 heteroatoms. The minimum absolute atomic E-state index is 0.00934. The van der Waals surface area contributed by atoms with Crippen molar-refractivity contribution in [2.24, 2.45) is 0 Å². The lowest BCUT2D eigenvalue weighted by molar-refractivity contribution is 0.379. The van der Waals surface area contributed by atoms with Gasteiger partial charge in [0.05, 0.1) is 17.9 Å². The molecule has 1 aliphatic heterocycles. The first-order valence-corrected chi connectivity index (χ1v) is 6.98. The van der Waals surface area contributed by atoms with Crippen molar-refractivity contribution in [2.45, 2.75) is 39.3 Å². The zero-order valence-corrected chi connectivity index (χ0v) is 12.7. The van der Waals surface area contributed by atoms with Gasteiger partial charge in [-0.3, -0.25) is 4.79 Å². The summed E-state index contributed by atoms with van der Waals surface area (Å²) in [6.07, 6.45) is 1.71. The number of nitrogens with zero attached hydrogens (tertiary/aromatic N) is 3. The molecule has 1 fully saturated rings. The SMILES string of the molecule is CC(C)n1ncc(N2CCNCC2(C)C)c(Cl)c1=O. The molecule has 1 N–H and O–H groups in total. The molecule has 0 spiro atoms. The van der Waals surface area contributed by atoms with Gasteiger partial charge in [0.2, 0.25) is 0 Å². The molecule has 0 saturated carbocycles. The zero-order valence-electron chi connectivity index (χ0n) is 11.9. The number of anilines is 1. The Labute approximate surface area is 118 Å². The van der Waals surface area contributed by atoms with Crippen LogP contribution in [0.25, 0.3) is 0 Å². The van der Waals surface area contributed by atoms with E-state index in [2.05, 4.69) is 29.2 Å². The fourth-order valence-electron chi connectivity index (χ4n) is 2.42. The van der Waals surface area contributed by atoms with Crippen molar-refractivity contribution in [3.63, 3.8) is 0 Å². The molecule has 0 radical (unpaired) electrons. The molecule has 0 amide bonds. The molecule has 0 aliphatic carbocycles. The van der Waals surface area contributed by atoms with Crippen LogP contribution in [0.5, 0.6) is 0 Å². The summed E-state index contributed by atoms with van der Waals surface area (Å²) in [6, 6.07) is 0.00934. The molecular formula is C13H21ClN4O. The molecule has 2 heterocycles. The first kappa shape index (κ1) is 14.3. The second-order valence-corrected chi connectivity index (χ2v) is 6.21. The third-order valence-electron chi connectivity index (χ3n) is 3.51. The van der Waals surface area contributed by atoms with Gasteiger partial charge in [0.15, 0.2) is 0 Å². The highest BCUT2D eigenvalue weighted by Gasteiger charge is 2.32. The van der Waals surface area contributed by atoms with E-state index in [-0.39, 0.29) is 22.2 Å². The van der Waals surface area contributed by atoms with E-state index >= 15 is 0 Å². The largest absolute Gasteiger partial charge is 0.361 e. The van der Waals surface area contributed by atoms with Gasteiger partial charge in [-0.15, -0.1) is 0 Å². The second kappa shape index (κ2) is 5.13. The van der Waals surface area contributed by atoms with Gasteiger partial charge in [-0.05, 0) is 27.7 Å². The summed E-state index contributed by atoms with van der Waals surface area (Å²) in [5.74, 6) is 0. The van der Waals surface area contributed by atoms with E-state index in [4.69, 9.17) is 11.6 Å². The van der Waals surface area contributed by atoms with Gasteiger partial charge in [0, 0.05) is 25.2 Å².